The molecule has 3 N–H and O–H groups in total. The Morgan fingerprint density at radius 2 is 1.86 bits per heavy atom. The van der Waals surface area contributed by atoms with Gasteiger partial charge in [-0.05, 0) is 6.92 Å². The second-order valence-electron chi connectivity index (χ2n) is 4.14. The van der Waals surface area contributed by atoms with Gasteiger partial charge in [-0.2, -0.15) is 13.5 Å². The number of sulfonamides is 1. The van der Waals surface area contributed by atoms with Crippen LogP contribution in [0.15, 0.2) is 17.2 Å². The minimum atomic E-state index is -4.45. The monoisotopic (exact) mass is 321 g/mol. The third kappa shape index (κ3) is 2.85. The number of hydrogen-bond donors (Lipinski definition) is 3. The smallest absolute Gasteiger partial charge is 0.281 e. The van der Waals surface area contributed by atoms with Crippen molar-refractivity contribution in [2.75, 3.05) is 4.72 Å². The third-order valence-corrected chi connectivity index (χ3v) is 4.01. The molecule has 6 nitrogen and oxygen atoms in total. The molecule has 0 radical (unpaired) electrons. The molecule has 2 aromatic rings. The molecule has 0 unspecified atom stereocenters. The lowest BCUT2D eigenvalue weighted by atomic mass is 10.3. The maximum Gasteiger partial charge on any atom is 0.281 e. The van der Waals surface area contributed by atoms with Crippen LogP contribution in [0.1, 0.15) is 11.3 Å². The number of H-pyrrole nitrogens is 1. The summed E-state index contributed by atoms with van der Waals surface area (Å²) in [7, 11) is -4.45. The predicted octanol–water partition coefficient (Wildman–Crippen LogP) is 1.43. The molecule has 114 valence electrons. The molecule has 0 saturated carbocycles. The van der Waals surface area contributed by atoms with Gasteiger partial charge >= 0.3 is 0 Å². The van der Waals surface area contributed by atoms with Gasteiger partial charge in [-0.3, -0.25) is 9.82 Å². The number of aromatic nitrogens is 2. The fraction of sp³-hybridized carbons (Fsp3) is 0.182. The van der Waals surface area contributed by atoms with Crippen LogP contribution in [-0.2, 0) is 16.6 Å². The van der Waals surface area contributed by atoms with Crippen molar-refractivity contribution in [2.45, 2.75) is 18.6 Å². The molecular formula is C11H10F3N3O3S. The summed E-state index contributed by atoms with van der Waals surface area (Å²) in [6.07, 6.45) is 0. The number of benzene rings is 1. The molecule has 0 bridgehead atoms. The normalized spacial score (nSPS) is 11.7. The molecule has 0 atom stereocenters. The number of anilines is 1. The SMILES string of the molecule is Cc1[nH]nc(S(=O)(=O)Nc2c(F)cc(F)cc2F)c1CO. The highest BCUT2D eigenvalue weighted by Crippen LogP contribution is 2.25. The van der Waals surface area contributed by atoms with Crippen molar-refractivity contribution in [1.82, 2.24) is 10.2 Å². The van der Waals surface area contributed by atoms with Gasteiger partial charge in [0.2, 0.25) is 5.03 Å². The largest absolute Gasteiger partial charge is 0.392 e. The van der Waals surface area contributed by atoms with Gasteiger partial charge in [0.25, 0.3) is 10.0 Å². The lowest BCUT2D eigenvalue weighted by Gasteiger charge is -2.09. The average Bonchev–Trinajstić information content (AvgIpc) is 2.75. The molecule has 1 aromatic heterocycles. The lowest BCUT2D eigenvalue weighted by molar-refractivity contribution is 0.277. The van der Waals surface area contributed by atoms with E-state index in [1.807, 2.05) is 0 Å². The lowest BCUT2D eigenvalue weighted by Crippen LogP contribution is -2.17. The van der Waals surface area contributed by atoms with E-state index in [4.69, 9.17) is 5.11 Å². The third-order valence-electron chi connectivity index (χ3n) is 2.69. The van der Waals surface area contributed by atoms with Gasteiger partial charge in [-0.1, -0.05) is 0 Å². The van der Waals surface area contributed by atoms with E-state index in [-0.39, 0.29) is 11.3 Å². The van der Waals surface area contributed by atoms with E-state index in [1.54, 1.807) is 4.72 Å². The number of nitrogens with zero attached hydrogens (tertiary/aromatic N) is 1. The Morgan fingerprint density at radius 1 is 1.29 bits per heavy atom. The van der Waals surface area contributed by atoms with E-state index in [2.05, 4.69) is 10.2 Å². The summed E-state index contributed by atoms with van der Waals surface area (Å²) in [6, 6.07) is 0.674. The number of nitrogens with one attached hydrogen (secondary N) is 2. The molecule has 0 aliphatic rings. The first kappa shape index (κ1) is 15.3. The summed E-state index contributed by atoms with van der Waals surface area (Å²) >= 11 is 0. The average molecular weight is 321 g/mol. The highest BCUT2D eigenvalue weighted by Gasteiger charge is 2.26. The first-order valence-electron chi connectivity index (χ1n) is 5.58. The van der Waals surface area contributed by atoms with Gasteiger partial charge in [0.1, 0.15) is 11.5 Å². The van der Waals surface area contributed by atoms with Gasteiger partial charge < -0.3 is 5.11 Å². The zero-order valence-corrected chi connectivity index (χ0v) is 11.4. The van der Waals surface area contributed by atoms with Crippen molar-refractivity contribution in [1.29, 1.82) is 0 Å². The minimum Gasteiger partial charge on any atom is -0.392 e. The summed E-state index contributed by atoms with van der Waals surface area (Å²) in [5, 5.41) is 14.3. The maximum absolute atomic E-state index is 13.5. The quantitative estimate of drug-likeness (QED) is 0.794. The molecule has 0 amide bonds. The number of aliphatic hydroxyl groups is 1. The highest BCUT2D eigenvalue weighted by molar-refractivity contribution is 7.92. The Hall–Kier alpha value is -2.07. The summed E-state index contributed by atoms with van der Waals surface area (Å²) in [6.45, 7) is 0.837. The molecule has 1 aromatic carbocycles. The van der Waals surface area contributed by atoms with Crippen LogP contribution < -0.4 is 4.72 Å². The van der Waals surface area contributed by atoms with Crippen molar-refractivity contribution in [3.8, 4) is 0 Å². The van der Waals surface area contributed by atoms with Crippen LogP contribution >= 0.6 is 0 Å². The summed E-state index contributed by atoms with van der Waals surface area (Å²) in [5.41, 5.74) is -0.774. The van der Waals surface area contributed by atoms with Gasteiger partial charge in [0, 0.05) is 23.4 Å². The van der Waals surface area contributed by atoms with E-state index in [1.165, 1.54) is 6.92 Å². The molecule has 10 heteroatoms. The predicted molar refractivity (Wildman–Crippen MR) is 66.4 cm³/mol. The highest BCUT2D eigenvalue weighted by atomic mass is 32.2. The number of aliphatic hydroxyl groups excluding tert-OH is 1. The topological polar surface area (TPSA) is 95.1 Å². The van der Waals surface area contributed by atoms with Crippen LogP contribution in [0.3, 0.4) is 0 Å². The Kier molecular flexibility index (Phi) is 3.92. The fourth-order valence-electron chi connectivity index (χ4n) is 1.66. The van der Waals surface area contributed by atoms with Crippen molar-refractivity contribution in [3.05, 3.63) is 40.8 Å². The fourth-order valence-corrected chi connectivity index (χ4v) is 2.93. The molecular weight excluding hydrogens is 311 g/mol. The minimum absolute atomic E-state index is 0.0366. The molecule has 0 aliphatic carbocycles. The number of rotatable bonds is 4. The molecule has 0 saturated heterocycles. The Labute approximate surface area is 117 Å². The van der Waals surface area contributed by atoms with Crippen molar-refractivity contribution >= 4 is 15.7 Å². The van der Waals surface area contributed by atoms with Crippen LogP contribution in [0.5, 0.6) is 0 Å². The number of hydrogen-bond acceptors (Lipinski definition) is 4. The van der Waals surface area contributed by atoms with Gasteiger partial charge in [0.15, 0.2) is 11.6 Å². The first-order valence-corrected chi connectivity index (χ1v) is 7.06. The molecule has 0 fully saturated rings. The molecule has 21 heavy (non-hydrogen) atoms. The number of halogens is 3. The van der Waals surface area contributed by atoms with Crippen molar-refractivity contribution < 1.29 is 26.7 Å². The zero-order valence-electron chi connectivity index (χ0n) is 10.6. The maximum atomic E-state index is 13.5. The molecule has 0 spiro atoms. The standard InChI is InChI=1S/C11H10F3N3O3S/c1-5-7(4-18)11(16-15-5)21(19,20)17-10-8(13)2-6(12)3-9(10)14/h2-3,17-18H,4H2,1H3,(H,15,16). The Bertz CT molecular complexity index is 766. The first-order chi connectivity index (χ1) is 9.76. The van der Waals surface area contributed by atoms with Crippen molar-refractivity contribution in [2.24, 2.45) is 0 Å². The van der Waals surface area contributed by atoms with Crippen LogP contribution in [-0.4, -0.2) is 23.7 Å². The number of aromatic amines is 1. The van der Waals surface area contributed by atoms with Crippen LogP contribution in [0.4, 0.5) is 18.9 Å². The molecule has 1 heterocycles. The Morgan fingerprint density at radius 3 is 2.38 bits per heavy atom. The van der Waals surface area contributed by atoms with E-state index < -0.39 is 44.8 Å². The van der Waals surface area contributed by atoms with E-state index in [0.717, 1.165) is 0 Å². The second-order valence-corrected chi connectivity index (χ2v) is 5.74. The van der Waals surface area contributed by atoms with Crippen molar-refractivity contribution in [3.63, 3.8) is 0 Å². The van der Waals surface area contributed by atoms with Crippen LogP contribution in [0.2, 0.25) is 0 Å². The van der Waals surface area contributed by atoms with E-state index in [0.29, 0.717) is 12.1 Å². The summed E-state index contributed by atoms with van der Waals surface area (Å²) < 4.78 is 65.5. The van der Waals surface area contributed by atoms with Gasteiger partial charge in [0.05, 0.1) is 6.61 Å². The van der Waals surface area contributed by atoms with E-state index >= 15 is 0 Å². The summed E-state index contributed by atoms with van der Waals surface area (Å²) in [4.78, 5) is 0. The van der Waals surface area contributed by atoms with Crippen LogP contribution in [0, 0.1) is 24.4 Å². The van der Waals surface area contributed by atoms with Gasteiger partial charge in [-0.25, -0.2) is 13.2 Å². The van der Waals surface area contributed by atoms with E-state index in [9.17, 15) is 21.6 Å². The second kappa shape index (κ2) is 5.37. The Balaban J connectivity index is 2.47. The summed E-state index contributed by atoms with van der Waals surface area (Å²) in [5.74, 6) is -4.00. The molecule has 2 rings (SSSR count). The number of aryl methyl sites for hydroxylation is 1. The zero-order chi connectivity index (χ0) is 15.8. The van der Waals surface area contributed by atoms with Gasteiger partial charge in [-0.15, -0.1) is 0 Å². The van der Waals surface area contributed by atoms with Crippen LogP contribution in [0.25, 0.3) is 0 Å². The molecule has 0 aliphatic heterocycles.